The van der Waals surface area contributed by atoms with Gasteiger partial charge in [-0.05, 0) is 37.5 Å². The van der Waals surface area contributed by atoms with Gasteiger partial charge in [-0.2, -0.15) is 4.31 Å². The molecule has 0 radical (unpaired) electrons. The molecule has 3 rings (SSSR count). The third-order valence-electron chi connectivity index (χ3n) is 4.97. The molecule has 2 amide bonds. The third-order valence-corrected chi connectivity index (χ3v) is 6.87. The summed E-state index contributed by atoms with van der Waals surface area (Å²) in [4.78, 5) is 24.4. The lowest BCUT2D eigenvalue weighted by Crippen LogP contribution is -2.53. The van der Waals surface area contributed by atoms with Crippen LogP contribution in [0.1, 0.15) is 17.5 Å². The summed E-state index contributed by atoms with van der Waals surface area (Å²) in [6.07, 6.45) is 0.282. The molecule has 1 aliphatic rings. The highest BCUT2D eigenvalue weighted by molar-refractivity contribution is 7.89. The van der Waals surface area contributed by atoms with Crippen LogP contribution in [0.4, 0.5) is 0 Å². The molecule has 2 aromatic carbocycles. The van der Waals surface area contributed by atoms with Crippen molar-refractivity contribution < 1.29 is 22.7 Å². The van der Waals surface area contributed by atoms with Gasteiger partial charge in [0.15, 0.2) is 0 Å². The summed E-state index contributed by atoms with van der Waals surface area (Å²) in [7, 11) is -3.78. The first-order valence-corrected chi connectivity index (χ1v) is 11.6. The number of benzene rings is 2. The topological polar surface area (TPSA) is 105 Å². The average Bonchev–Trinajstić information content (AvgIpc) is 2.78. The largest absolute Gasteiger partial charge is 0.360 e. The summed E-state index contributed by atoms with van der Waals surface area (Å²) < 4.78 is 32.9. The fourth-order valence-electron chi connectivity index (χ4n) is 3.25. The predicted octanol–water partition coefficient (Wildman–Crippen LogP) is 1.21. The van der Waals surface area contributed by atoms with Crippen LogP contribution in [0.2, 0.25) is 0 Å². The SMILES string of the molecule is Cc1ccc(S(=O)(=O)N2CCCOC2CNC(=O)C(=O)NCCc2ccccc2)cc1. The summed E-state index contributed by atoms with van der Waals surface area (Å²) >= 11 is 0. The van der Waals surface area contributed by atoms with Gasteiger partial charge in [-0.25, -0.2) is 8.42 Å². The smallest absolute Gasteiger partial charge is 0.309 e. The van der Waals surface area contributed by atoms with E-state index in [2.05, 4.69) is 10.6 Å². The number of rotatable bonds is 7. The lowest BCUT2D eigenvalue weighted by Gasteiger charge is -2.34. The third kappa shape index (κ3) is 6.13. The molecule has 2 aromatic rings. The van der Waals surface area contributed by atoms with Crippen molar-refractivity contribution in [3.63, 3.8) is 0 Å². The summed E-state index contributed by atoms with van der Waals surface area (Å²) in [6.45, 7) is 2.74. The molecule has 0 aliphatic carbocycles. The van der Waals surface area contributed by atoms with Gasteiger partial charge in [0.1, 0.15) is 6.23 Å². The van der Waals surface area contributed by atoms with E-state index in [-0.39, 0.29) is 18.0 Å². The van der Waals surface area contributed by atoms with Crippen molar-refractivity contribution in [2.24, 2.45) is 0 Å². The van der Waals surface area contributed by atoms with Crippen LogP contribution in [-0.4, -0.2) is 57.0 Å². The second-order valence-electron chi connectivity index (χ2n) is 7.31. The number of hydrogen-bond donors (Lipinski definition) is 2. The van der Waals surface area contributed by atoms with Crippen molar-refractivity contribution in [1.82, 2.24) is 14.9 Å². The van der Waals surface area contributed by atoms with Gasteiger partial charge in [-0.15, -0.1) is 0 Å². The minimum Gasteiger partial charge on any atom is -0.360 e. The van der Waals surface area contributed by atoms with E-state index in [1.807, 2.05) is 37.3 Å². The number of nitrogens with one attached hydrogen (secondary N) is 2. The zero-order valence-electron chi connectivity index (χ0n) is 17.4. The number of carbonyl (C=O) groups excluding carboxylic acids is 2. The molecule has 1 aliphatic heterocycles. The molecule has 1 unspecified atom stereocenters. The molecule has 0 saturated carbocycles. The van der Waals surface area contributed by atoms with Gasteiger partial charge in [-0.1, -0.05) is 48.0 Å². The van der Waals surface area contributed by atoms with Crippen LogP contribution in [0, 0.1) is 6.92 Å². The molecule has 0 bridgehead atoms. The van der Waals surface area contributed by atoms with Gasteiger partial charge in [0.25, 0.3) is 0 Å². The molecular weight excluding hydrogens is 418 g/mol. The number of amides is 2. The van der Waals surface area contributed by atoms with Gasteiger partial charge in [0.05, 0.1) is 18.0 Å². The molecule has 1 heterocycles. The van der Waals surface area contributed by atoms with E-state index in [1.54, 1.807) is 24.3 Å². The van der Waals surface area contributed by atoms with Crippen LogP contribution < -0.4 is 10.6 Å². The molecule has 8 nitrogen and oxygen atoms in total. The van der Waals surface area contributed by atoms with Crippen molar-refractivity contribution in [2.75, 3.05) is 26.2 Å². The average molecular weight is 446 g/mol. The number of hydrogen-bond acceptors (Lipinski definition) is 5. The van der Waals surface area contributed by atoms with E-state index in [9.17, 15) is 18.0 Å². The zero-order chi connectivity index (χ0) is 22.3. The molecule has 1 atom stereocenters. The fraction of sp³-hybridized carbons (Fsp3) is 0.364. The van der Waals surface area contributed by atoms with Crippen molar-refractivity contribution in [1.29, 1.82) is 0 Å². The van der Waals surface area contributed by atoms with E-state index in [4.69, 9.17) is 4.74 Å². The number of carbonyl (C=O) groups is 2. The van der Waals surface area contributed by atoms with Gasteiger partial charge in [-0.3, -0.25) is 9.59 Å². The number of nitrogens with zero attached hydrogens (tertiary/aromatic N) is 1. The highest BCUT2D eigenvalue weighted by atomic mass is 32.2. The Kier molecular flexibility index (Phi) is 7.78. The predicted molar refractivity (Wildman–Crippen MR) is 116 cm³/mol. The highest BCUT2D eigenvalue weighted by Crippen LogP contribution is 2.22. The van der Waals surface area contributed by atoms with Crippen molar-refractivity contribution in [3.05, 3.63) is 65.7 Å². The van der Waals surface area contributed by atoms with Gasteiger partial charge in [0.2, 0.25) is 10.0 Å². The highest BCUT2D eigenvalue weighted by Gasteiger charge is 2.34. The summed E-state index contributed by atoms with van der Waals surface area (Å²) in [6, 6.07) is 16.2. The fourth-order valence-corrected chi connectivity index (χ4v) is 4.82. The lowest BCUT2D eigenvalue weighted by atomic mass is 10.1. The normalized spacial score (nSPS) is 17.1. The van der Waals surface area contributed by atoms with Crippen LogP contribution in [-0.2, 0) is 30.8 Å². The number of aryl methyl sites for hydroxylation is 1. The number of ether oxygens (including phenoxy) is 1. The standard InChI is InChI=1S/C22H27N3O5S/c1-17-8-10-19(11-9-17)31(28,29)25-14-5-15-30-20(25)16-24-22(27)21(26)23-13-12-18-6-3-2-4-7-18/h2-4,6-11,20H,5,12-16H2,1H3,(H,23,26)(H,24,27). The monoisotopic (exact) mass is 445 g/mol. The molecule has 1 fully saturated rings. The van der Waals surface area contributed by atoms with Crippen molar-refractivity contribution in [2.45, 2.75) is 30.9 Å². The maximum Gasteiger partial charge on any atom is 0.309 e. The van der Waals surface area contributed by atoms with Crippen LogP contribution in [0.5, 0.6) is 0 Å². The molecule has 0 spiro atoms. The summed E-state index contributed by atoms with van der Waals surface area (Å²) in [5, 5.41) is 5.05. The molecule has 1 saturated heterocycles. The minimum atomic E-state index is -3.78. The second-order valence-corrected chi connectivity index (χ2v) is 9.20. The lowest BCUT2D eigenvalue weighted by molar-refractivity contribution is -0.140. The Morgan fingerprint density at radius 1 is 1.03 bits per heavy atom. The van der Waals surface area contributed by atoms with Gasteiger partial charge >= 0.3 is 11.8 Å². The second kappa shape index (κ2) is 10.5. The Bertz CT molecular complexity index is 994. The summed E-state index contributed by atoms with van der Waals surface area (Å²) in [5.74, 6) is -1.59. The van der Waals surface area contributed by atoms with Crippen LogP contribution in [0.3, 0.4) is 0 Å². The quantitative estimate of drug-likeness (QED) is 0.624. The first-order valence-electron chi connectivity index (χ1n) is 10.2. The zero-order valence-corrected chi connectivity index (χ0v) is 18.2. The maximum atomic E-state index is 13.0. The van der Waals surface area contributed by atoms with Gasteiger partial charge < -0.3 is 15.4 Å². The molecule has 31 heavy (non-hydrogen) atoms. The minimum absolute atomic E-state index is 0.115. The van der Waals surface area contributed by atoms with E-state index in [0.29, 0.717) is 26.0 Å². The Morgan fingerprint density at radius 2 is 1.71 bits per heavy atom. The molecule has 2 N–H and O–H groups in total. The van der Waals surface area contributed by atoms with E-state index in [0.717, 1.165) is 11.1 Å². The van der Waals surface area contributed by atoms with Crippen molar-refractivity contribution >= 4 is 21.8 Å². The Morgan fingerprint density at radius 3 is 2.42 bits per heavy atom. The Balaban J connectivity index is 1.54. The first-order chi connectivity index (χ1) is 14.9. The Hall–Kier alpha value is -2.75. The summed E-state index contributed by atoms with van der Waals surface area (Å²) in [5.41, 5.74) is 2.01. The molecule has 9 heteroatoms. The van der Waals surface area contributed by atoms with Crippen molar-refractivity contribution in [3.8, 4) is 0 Å². The van der Waals surface area contributed by atoms with E-state index < -0.39 is 28.1 Å². The number of sulfonamides is 1. The van der Waals surface area contributed by atoms with Crippen LogP contribution in [0.15, 0.2) is 59.5 Å². The van der Waals surface area contributed by atoms with E-state index in [1.165, 1.54) is 4.31 Å². The molecular formula is C22H27N3O5S. The van der Waals surface area contributed by atoms with Crippen LogP contribution in [0.25, 0.3) is 0 Å². The maximum absolute atomic E-state index is 13.0. The Labute approximate surface area is 182 Å². The van der Waals surface area contributed by atoms with E-state index >= 15 is 0 Å². The first kappa shape index (κ1) is 22.9. The molecule has 166 valence electrons. The van der Waals surface area contributed by atoms with Gasteiger partial charge in [0, 0.05) is 13.1 Å². The molecule has 0 aromatic heterocycles. The van der Waals surface area contributed by atoms with Crippen LogP contribution >= 0.6 is 0 Å².